The van der Waals surface area contributed by atoms with E-state index in [2.05, 4.69) is 5.32 Å². The molecule has 0 bridgehead atoms. The van der Waals surface area contributed by atoms with Crippen molar-refractivity contribution in [3.05, 3.63) is 52.0 Å². The molecular weight excluding hydrogens is 384 g/mol. The molecule has 0 atom stereocenters. The van der Waals surface area contributed by atoms with E-state index in [-0.39, 0.29) is 29.0 Å². The second-order valence-corrected chi connectivity index (χ2v) is 6.52. The lowest BCUT2D eigenvalue weighted by Crippen LogP contribution is -2.28. The van der Waals surface area contributed by atoms with Gasteiger partial charge in [0.25, 0.3) is 11.8 Å². The molecule has 0 heterocycles. The Labute approximate surface area is 168 Å². The highest BCUT2D eigenvalue weighted by molar-refractivity contribution is 6.32. The summed E-state index contributed by atoms with van der Waals surface area (Å²) in [5, 5.41) is 2.89. The maximum Gasteiger partial charge on any atom is 0.255 e. The number of benzene rings is 2. The van der Waals surface area contributed by atoms with Crippen LogP contribution < -0.4 is 25.3 Å². The summed E-state index contributed by atoms with van der Waals surface area (Å²) in [5.74, 6) is 0.165. The fraction of sp³-hybridized carbons (Fsp3) is 0.300. The van der Waals surface area contributed by atoms with Gasteiger partial charge in [0, 0.05) is 5.56 Å². The number of nitrogens with one attached hydrogen (secondary N) is 1. The normalized spacial score (nSPS) is 10.3. The Morgan fingerprint density at radius 2 is 1.86 bits per heavy atom. The molecule has 28 heavy (non-hydrogen) atoms. The highest BCUT2D eigenvalue weighted by Gasteiger charge is 2.16. The molecule has 2 amide bonds. The lowest BCUT2D eigenvalue weighted by molar-refractivity contribution is -0.119. The van der Waals surface area contributed by atoms with Gasteiger partial charge in [0.1, 0.15) is 12.4 Å². The van der Waals surface area contributed by atoms with Crippen LogP contribution in [0.15, 0.2) is 30.3 Å². The average Bonchev–Trinajstić information content (AvgIpc) is 2.64. The lowest BCUT2D eigenvalue weighted by atomic mass is 10.1. The molecule has 2 aromatic rings. The first-order chi connectivity index (χ1) is 13.3. The van der Waals surface area contributed by atoms with Crippen molar-refractivity contribution in [2.45, 2.75) is 13.8 Å². The second-order valence-electron chi connectivity index (χ2n) is 6.12. The van der Waals surface area contributed by atoms with Gasteiger partial charge in [-0.1, -0.05) is 29.3 Å². The molecule has 0 saturated heterocycles. The van der Waals surface area contributed by atoms with Crippen molar-refractivity contribution in [3.8, 4) is 17.2 Å². The van der Waals surface area contributed by atoms with Gasteiger partial charge < -0.3 is 25.3 Å². The van der Waals surface area contributed by atoms with E-state index in [0.717, 1.165) is 16.9 Å². The first kappa shape index (κ1) is 21.4. The Balaban J connectivity index is 1.96. The summed E-state index contributed by atoms with van der Waals surface area (Å²) in [6.07, 6.45) is 0. The van der Waals surface area contributed by atoms with Crippen LogP contribution in [0.4, 0.5) is 0 Å². The van der Waals surface area contributed by atoms with Crippen molar-refractivity contribution in [1.29, 1.82) is 0 Å². The van der Waals surface area contributed by atoms with Gasteiger partial charge in [-0.3, -0.25) is 9.59 Å². The third-order valence-electron chi connectivity index (χ3n) is 3.83. The van der Waals surface area contributed by atoms with Gasteiger partial charge in [-0.25, -0.2) is 0 Å². The number of halogens is 1. The smallest absolute Gasteiger partial charge is 0.255 e. The zero-order chi connectivity index (χ0) is 20.7. The number of methoxy groups -OCH3 is 1. The Kier molecular flexibility index (Phi) is 7.52. The monoisotopic (exact) mass is 406 g/mol. The van der Waals surface area contributed by atoms with Crippen LogP contribution in [0.1, 0.15) is 21.5 Å². The van der Waals surface area contributed by atoms with E-state index in [1.54, 1.807) is 0 Å². The van der Waals surface area contributed by atoms with E-state index in [9.17, 15) is 9.59 Å². The minimum atomic E-state index is -0.649. The van der Waals surface area contributed by atoms with Gasteiger partial charge in [-0.15, -0.1) is 0 Å². The molecule has 8 heteroatoms. The minimum absolute atomic E-state index is 0.136. The molecule has 150 valence electrons. The topological polar surface area (TPSA) is 99.9 Å². The summed E-state index contributed by atoms with van der Waals surface area (Å²) in [5.41, 5.74) is 7.55. The van der Waals surface area contributed by atoms with Gasteiger partial charge in [0.15, 0.2) is 18.1 Å². The molecule has 0 fully saturated rings. The summed E-state index contributed by atoms with van der Waals surface area (Å²) in [6, 6.07) is 8.81. The molecular formula is C20H23ClN2O5. The molecule has 0 aromatic heterocycles. The third kappa shape index (κ3) is 5.79. The number of primary amides is 1. The summed E-state index contributed by atoms with van der Waals surface area (Å²) >= 11 is 6.15. The Hall–Kier alpha value is -2.93. The van der Waals surface area contributed by atoms with Crippen LogP contribution in [0.5, 0.6) is 17.2 Å². The van der Waals surface area contributed by atoms with E-state index < -0.39 is 5.91 Å². The van der Waals surface area contributed by atoms with Crippen molar-refractivity contribution in [2.24, 2.45) is 5.73 Å². The molecule has 3 N–H and O–H groups in total. The summed E-state index contributed by atoms with van der Waals surface area (Å²) in [6.45, 7) is 4.27. The summed E-state index contributed by atoms with van der Waals surface area (Å²) in [4.78, 5) is 23.3. The van der Waals surface area contributed by atoms with Crippen molar-refractivity contribution in [3.63, 3.8) is 0 Å². The number of carbonyl (C=O) groups excluding carboxylic acids is 2. The summed E-state index contributed by atoms with van der Waals surface area (Å²) in [7, 11) is 1.40. The van der Waals surface area contributed by atoms with Crippen molar-refractivity contribution >= 4 is 23.4 Å². The fourth-order valence-electron chi connectivity index (χ4n) is 2.52. The number of hydrogen-bond acceptors (Lipinski definition) is 5. The number of nitrogens with two attached hydrogens (primary N) is 1. The van der Waals surface area contributed by atoms with Crippen LogP contribution in [0.2, 0.25) is 5.02 Å². The molecule has 0 aliphatic heterocycles. The van der Waals surface area contributed by atoms with Crippen LogP contribution in [0, 0.1) is 13.8 Å². The second kappa shape index (κ2) is 9.85. The van der Waals surface area contributed by atoms with Crippen LogP contribution >= 0.6 is 11.6 Å². The average molecular weight is 407 g/mol. The van der Waals surface area contributed by atoms with Gasteiger partial charge in [0.05, 0.1) is 18.7 Å². The van der Waals surface area contributed by atoms with E-state index in [1.165, 1.54) is 19.2 Å². The maximum absolute atomic E-state index is 12.4. The van der Waals surface area contributed by atoms with Gasteiger partial charge in [0.2, 0.25) is 0 Å². The van der Waals surface area contributed by atoms with E-state index in [0.29, 0.717) is 18.7 Å². The minimum Gasteiger partial charge on any atom is -0.493 e. The Bertz CT molecular complexity index is 870. The Morgan fingerprint density at radius 3 is 2.50 bits per heavy atom. The molecule has 7 nitrogen and oxygen atoms in total. The SMILES string of the molecule is COc1cc(C(=O)NCCOc2ccc(C)cc2C)cc(Cl)c1OCC(N)=O. The van der Waals surface area contributed by atoms with Crippen LogP contribution in [0.3, 0.4) is 0 Å². The number of amides is 2. The Morgan fingerprint density at radius 1 is 1.11 bits per heavy atom. The molecule has 0 aliphatic carbocycles. The standard InChI is InChI=1S/C20H23ClN2O5/c1-12-4-5-16(13(2)8-12)27-7-6-23-20(25)14-9-15(21)19(17(10-14)26-3)28-11-18(22)24/h4-5,8-10H,6-7,11H2,1-3H3,(H2,22,24)(H,23,25). The molecule has 2 rings (SSSR count). The van der Waals surface area contributed by atoms with Crippen LogP contribution in [-0.4, -0.2) is 38.7 Å². The highest BCUT2D eigenvalue weighted by atomic mass is 35.5. The van der Waals surface area contributed by atoms with E-state index in [4.69, 9.17) is 31.5 Å². The molecule has 0 saturated carbocycles. The van der Waals surface area contributed by atoms with Crippen LogP contribution in [-0.2, 0) is 4.79 Å². The number of carbonyl (C=O) groups is 2. The van der Waals surface area contributed by atoms with E-state index >= 15 is 0 Å². The number of aryl methyl sites for hydroxylation is 2. The molecule has 0 radical (unpaired) electrons. The first-order valence-electron chi connectivity index (χ1n) is 8.58. The number of ether oxygens (including phenoxy) is 3. The third-order valence-corrected chi connectivity index (χ3v) is 4.11. The molecule has 2 aromatic carbocycles. The first-order valence-corrected chi connectivity index (χ1v) is 8.96. The maximum atomic E-state index is 12.4. The lowest BCUT2D eigenvalue weighted by Gasteiger charge is -2.14. The largest absolute Gasteiger partial charge is 0.493 e. The van der Waals surface area contributed by atoms with E-state index in [1.807, 2.05) is 32.0 Å². The number of hydrogen-bond donors (Lipinski definition) is 2. The quantitative estimate of drug-likeness (QED) is 0.623. The number of rotatable bonds is 9. The van der Waals surface area contributed by atoms with Gasteiger partial charge in [-0.05, 0) is 37.6 Å². The van der Waals surface area contributed by atoms with Crippen LogP contribution in [0.25, 0.3) is 0 Å². The highest BCUT2D eigenvalue weighted by Crippen LogP contribution is 2.36. The van der Waals surface area contributed by atoms with Crippen molar-refractivity contribution in [1.82, 2.24) is 5.32 Å². The summed E-state index contributed by atoms with van der Waals surface area (Å²) < 4.78 is 16.1. The predicted octanol–water partition coefficient (Wildman–Crippen LogP) is 2.64. The van der Waals surface area contributed by atoms with Crippen molar-refractivity contribution < 1.29 is 23.8 Å². The molecule has 0 unspecified atom stereocenters. The van der Waals surface area contributed by atoms with Gasteiger partial charge in [-0.2, -0.15) is 0 Å². The fourth-order valence-corrected chi connectivity index (χ4v) is 2.79. The molecule has 0 spiro atoms. The molecule has 0 aliphatic rings. The predicted molar refractivity (Wildman–Crippen MR) is 106 cm³/mol. The zero-order valence-corrected chi connectivity index (χ0v) is 16.8. The van der Waals surface area contributed by atoms with Gasteiger partial charge >= 0.3 is 0 Å². The van der Waals surface area contributed by atoms with Crippen molar-refractivity contribution in [2.75, 3.05) is 26.9 Å². The zero-order valence-electron chi connectivity index (χ0n) is 16.0.